The van der Waals surface area contributed by atoms with Crippen LogP contribution < -0.4 is 0 Å². The molecule has 3 nitrogen and oxygen atoms in total. The largest absolute Gasteiger partial charge is 0.214 e. The van der Waals surface area contributed by atoms with E-state index in [1.54, 1.807) is 6.08 Å². The number of rotatable bonds is 6. The summed E-state index contributed by atoms with van der Waals surface area (Å²) in [6.07, 6.45) is 2.08. The summed E-state index contributed by atoms with van der Waals surface area (Å²) in [5.41, 5.74) is -0.417. The van der Waals surface area contributed by atoms with Crippen molar-refractivity contribution in [3.05, 3.63) is 12.7 Å². The van der Waals surface area contributed by atoms with Gasteiger partial charge in [0, 0.05) is 18.0 Å². The highest BCUT2D eigenvalue weighted by atomic mass is 35.5. The Kier molecular flexibility index (Phi) is 5.85. The first-order valence-corrected chi connectivity index (χ1v) is 7.07. The van der Waals surface area contributed by atoms with Crippen LogP contribution in [0.15, 0.2) is 12.7 Å². The van der Waals surface area contributed by atoms with Crippen molar-refractivity contribution in [3.8, 4) is 0 Å². The second kappa shape index (κ2) is 5.87. The Labute approximate surface area is 98.2 Å². The molecule has 0 bridgehead atoms. The van der Waals surface area contributed by atoms with Crippen molar-refractivity contribution < 1.29 is 8.42 Å². The zero-order chi connectivity index (χ0) is 12.1. The summed E-state index contributed by atoms with van der Waals surface area (Å²) in [5.74, 6) is 0.465. The van der Waals surface area contributed by atoms with E-state index >= 15 is 0 Å². The van der Waals surface area contributed by atoms with Crippen LogP contribution in [0.5, 0.6) is 0 Å². The Morgan fingerprint density at radius 1 is 1.40 bits per heavy atom. The predicted molar refractivity (Wildman–Crippen MR) is 65.8 cm³/mol. The molecule has 0 atom stereocenters. The van der Waals surface area contributed by atoms with Gasteiger partial charge in [-0.1, -0.05) is 6.08 Å². The molecule has 0 aromatic carbocycles. The van der Waals surface area contributed by atoms with Crippen LogP contribution in [0.3, 0.4) is 0 Å². The van der Waals surface area contributed by atoms with E-state index in [4.69, 9.17) is 11.6 Å². The molecule has 90 valence electrons. The number of nitrogens with zero attached hydrogens (tertiary/aromatic N) is 1. The first kappa shape index (κ1) is 14.9. The number of alkyl halides is 1. The van der Waals surface area contributed by atoms with E-state index in [1.165, 1.54) is 4.31 Å². The molecule has 0 rings (SSSR count). The summed E-state index contributed by atoms with van der Waals surface area (Å²) in [4.78, 5) is 0. The zero-order valence-electron chi connectivity index (χ0n) is 9.66. The lowest BCUT2D eigenvalue weighted by Gasteiger charge is -2.33. The maximum atomic E-state index is 11.9. The van der Waals surface area contributed by atoms with Crippen LogP contribution in [0.4, 0.5) is 0 Å². The third-order valence-corrected chi connectivity index (χ3v) is 4.36. The van der Waals surface area contributed by atoms with E-state index in [9.17, 15) is 8.42 Å². The SMILES string of the molecule is C=CCN(C(C)(C)C)S(=O)(=O)CCCCl. The molecule has 0 aromatic heterocycles. The first-order valence-electron chi connectivity index (χ1n) is 4.93. The van der Waals surface area contributed by atoms with E-state index in [-0.39, 0.29) is 5.75 Å². The minimum absolute atomic E-state index is 0.0988. The molecule has 0 spiro atoms. The smallest absolute Gasteiger partial charge is 0.212 e. The Morgan fingerprint density at radius 2 is 1.93 bits per heavy atom. The van der Waals surface area contributed by atoms with Crippen molar-refractivity contribution in [2.75, 3.05) is 18.2 Å². The average Bonchev–Trinajstić information content (AvgIpc) is 2.09. The molecule has 0 aromatic rings. The van der Waals surface area contributed by atoms with E-state index in [0.717, 1.165) is 0 Å². The van der Waals surface area contributed by atoms with Crippen LogP contribution in [0, 0.1) is 0 Å². The number of hydrogen-bond acceptors (Lipinski definition) is 2. The van der Waals surface area contributed by atoms with Crippen LogP contribution in [-0.4, -0.2) is 36.4 Å². The fourth-order valence-electron chi connectivity index (χ4n) is 1.27. The standard InChI is InChI=1S/C10H20ClNO2S/c1-5-8-12(10(2,3)4)15(13,14)9-6-7-11/h5H,1,6-9H2,2-4H3. The van der Waals surface area contributed by atoms with Gasteiger partial charge in [-0.2, -0.15) is 4.31 Å². The van der Waals surface area contributed by atoms with Crippen molar-refractivity contribution in [3.63, 3.8) is 0 Å². The van der Waals surface area contributed by atoms with Crippen molar-refractivity contribution in [2.24, 2.45) is 0 Å². The molecule has 0 radical (unpaired) electrons. The van der Waals surface area contributed by atoms with Gasteiger partial charge in [0.05, 0.1) is 5.75 Å². The van der Waals surface area contributed by atoms with Gasteiger partial charge in [0.25, 0.3) is 0 Å². The van der Waals surface area contributed by atoms with E-state index in [2.05, 4.69) is 6.58 Å². The summed E-state index contributed by atoms with van der Waals surface area (Å²) in [7, 11) is -3.23. The molecule has 15 heavy (non-hydrogen) atoms. The van der Waals surface area contributed by atoms with Crippen molar-refractivity contribution in [1.29, 1.82) is 0 Å². The van der Waals surface area contributed by atoms with Crippen LogP contribution in [0.25, 0.3) is 0 Å². The second-order valence-corrected chi connectivity index (χ2v) is 6.74. The number of sulfonamides is 1. The Balaban J connectivity index is 4.83. The molecule has 0 unspecified atom stereocenters. The van der Waals surface area contributed by atoms with Gasteiger partial charge in [0.15, 0.2) is 0 Å². The van der Waals surface area contributed by atoms with Gasteiger partial charge in [-0.15, -0.1) is 18.2 Å². The lowest BCUT2D eigenvalue weighted by molar-refractivity contribution is 0.270. The topological polar surface area (TPSA) is 37.4 Å². The zero-order valence-corrected chi connectivity index (χ0v) is 11.2. The maximum absolute atomic E-state index is 11.9. The summed E-state index contributed by atoms with van der Waals surface area (Å²) in [5, 5.41) is 0. The molecular weight excluding hydrogens is 234 g/mol. The molecule has 0 aliphatic rings. The van der Waals surface area contributed by atoms with E-state index in [0.29, 0.717) is 18.8 Å². The molecule has 0 saturated heterocycles. The molecule has 0 heterocycles. The molecular formula is C10H20ClNO2S. The van der Waals surface area contributed by atoms with Gasteiger partial charge in [0.2, 0.25) is 10.0 Å². The monoisotopic (exact) mass is 253 g/mol. The van der Waals surface area contributed by atoms with Crippen molar-refractivity contribution in [2.45, 2.75) is 32.7 Å². The highest BCUT2D eigenvalue weighted by Gasteiger charge is 2.30. The second-order valence-electron chi connectivity index (χ2n) is 4.35. The Hall–Kier alpha value is -0.0600. The number of hydrogen-bond donors (Lipinski definition) is 0. The molecule has 0 saturated carbocycles. The predicted octanol–water partition coefficient (Wildman–Crippen LogP) is 2.23. The van der Waals surface area contributed by atoms with E-state index in [1.807, 2.05) is 20.8 Å². The van der Waals surface area contributed by atoms with Gasteiger partial charge < -0.3 is 0 Å². The third kappa shape index (κ3) is 5.00. The molecule has 0 aliphatic heterocycles. The summed E-state index contributed by atoms with van der Waals surface area (Å²) in [6.45, 7) is 9.53. The minimum Gasteiger partial charge on any atom is -0.212 e. The van der Waals surface area contributed by atoms with Crippen molar-refractivity contribution in [1.82, 2.24) is 4.31 Å². The third-order valence-electron chi connectivity index (χ3n) is 1.91. The van der Waals surface area contributed by atoms with Crippen LogP contribution in [-0.2, 0) is 10.0 Å². The van der Waals surface area contributed by atoms with Crippen LogP contribution in [0.2, 0.25) is 0 Å². The lowest BCUT2D eigenvalue weighted by atomic mass is 10.1. The maximum Gasteiger partial charge on any atom is 0.214 e. The van der Waals surface area contributed by atoms with E-state index < -0.39 is 15.6 Å². The average molecular weight is 254 g/mol. The fraction of sp³-hybridized carbons (Fsp3) is 0.800. The molecule has 0 fully saturated rings. The minimum atomic E-state index is -3.23. The quantitative estimate of drug-likeness (QED) is 0.538. The van der Waals surface area contributed by atoms with Crippen LogP contribution >= 0.6 is 11.6 Å². The molecule has 0 N–H and O–H groups in total. The lowest BCUT2D eigenvalue weighted by Crippen LogP contribution is -2.46. The highest BCUT2D eigenvalue weighted by molar-refractivity contribution is 7.89. The van der Waals surface area contributed by atoms with Gasteiger partial charge in [0.1, 0.15) is 0 Å². The fourth-order valence-corrected chi connectivity index (χ4v) is 3.46. The highest BCUT2D eigenvalue weighted by Crippen LogP contribution is 2.18. The van der Waals surface area contributed by atoms with Crippen LogP contribution in [0.1, 0.15) is 27.2 Å². The van der Waals surface area contributed by atoms with Gasteiger partial charge in [-0.3, -0.25) is 0 Å². The summed E-state index contributed by atoms with van der Waals surface area (Å²) in [6, 6.07) is 0. The molecule has 0 aliphatic carbocycles. The van der Waals surface area contributed by atoms with Gasteiger partial charge >= 0.3 is 0 Å². The first-order chi connectivity index (χ1) is 6.75. The van der Waals surface area contributed by atoms with Gasteiger partial charge in [-0.05, 0) is 27.2 Å². The van der Waals surface area contributed by atoms with Gasteiger partial charge in [-0.25, -0.2) is 8.42 Å². The molecule has 0 amide bonds. The normalized spacial score (nSPS) is 13.1. The Bertz CT molecular complexity index is 293. The number of halogens is 1. The van der Waals surface area contributed by atoms with Crippen molar-refractivity contribution >= 4 is 21.6 Å². The molecule has 5 heteroatoms. The Morgan fingerprint density at radius 3 is 2.27 bits per heavy atom. The summed E-state index contributed by atoms with van der Waals surface area (Å²) < 4.78 is 25.3. The summed E-state index contributed by atoms with van der Waals surface area (Å²) >= 11 is 5.50.